The molecule has 7 heteroatoms. The molecule has 1 aromatic heterocycles. The van der Waals surface area contributed by atoms with Crippen LogP contribution in [-0.4, -0.2) is 39.7 Å². The number of aromatic nitrogens is 2. The fraction of sp³-hybridized carbons (Fsp3) is 0.258. The van der Waals surface area contributed by atoms with Gasteiger partial charge in [-0.25, -0.2) is 9.48 Å². The summed E-state index contributed by atoms with van der Waals surface area (Å²) in [6.45, 7) is 8.47. The van der Waals surface area contributed by atoms with Crippen molar-refractivity contribution >= 4 is 23.4 Å². The molecule has 0 saturated heterocycles. The lowest BCUT2D eigenvalue weighted by molar-refractivity contribution is -0.116. The molecular formula is C31H35N5O2. The van der Waals surface area contributed by atoms with Crippen LogP contribution in [0.4, 0.5) is 16.3 Å². The minimum Gasteiger partial charge on any atom is -0.315 e. The first kappa shape index (κ1) is 26.7. The molecule has 7 nitrogen and oxygen atoms in total. The molecule has 3 aromatic carbocycles. The Morgan fingerprint density at radius 2 is 1.58 bits per heavy atom. The van der Waals surface area contributed by atoms with Gasteiger partial charge in [0.15, 0.2) is 0 Å². The van der Waals surface area contributed by atoms with Gasteiger partial charge in [0.2, 0.25) is 5.91 Å². The van der Waals surface area contributed by atoms with E-state index in [1.54, 1.807) is 9.58 Å². The number of hydrogen-bond acceptors (Lipinski definition) is 3. The van der Waals surface area contributed by atoms with E-state index in [9.17, 15) is 9.59 Å². The van der Waals surface area contributed by atoms with Crippen molar-refractivity contribution in [3.05, 3.63) is 95.6 Å². The Morgan fingerprint density at radius 3 is 2.26 bits per heavy atom. The van der Waals surface area contributed by atoms with Gasteiger partial charge in [-0.3, -0.25) is 4.79 Å². The summed E-state index contributed by atoms with van der Waals surface area (Å²) in [5.74, 6) is 0.257. The number of unbranched alkanes of at least 4 members (excludes halogenated alkanes) is 1. The summed E-state index contributed by atoms with van der Waals surface area (Å²) in [6, 6.07) is 25.2. The van der Waals surface area contributed by atoms with Gasteiger partial charge < -0.3 is 15.5 Å². The minimum atomic E-state index is -0.294. The van der Waals surface area contributed by atoms with Crippen LogP contribution in [0.2, 0.25) is 0 Å². The Labute approximate surface area is 224 Å². The van der Waals surface area contributed by atoms with Crippen LogP contribution in [0.5, 0.6) is 0 Å². The first-order chi connectivity index (χ1) is 18.3. The van der Waals surface area contributed by atoms with Gasteiger partial charge in [-0.05, 0) is 51.0 Å². The highest BCUT2D eigenvalue weighted by molar-refractivity contribution is 5.97. The number of nitrogens with zero attached hydrogens (tertiary/aromatic N) is 3. The van der Waals surface area contributed by atoms with Crippen molar-refractivity contribution < 1.29 is 9.59 Å². The fourth-order valence-corrected chi connectivity index (χ4v) is 4.21. The number of hydrogen-bond donors (Lipinski definition) is 2. The summed E-state index contributed by atoms with van der Waals surface area (Å²) in [7, 11) is 0. The molecule has 196 valence electrons. The molecule has 0 unspecified atom stereocenters. The zero-order valence-electron chi connectivity index (χ0n) is 22.5. The van der Waals surface area contributed by atoms with Gasteiger partial charge in [0, 0.05) is 23.9 Å². The van der Waals surface area contributed by atoms with Crippen LogP contribution in [0.25, 0.3) is 16.9 Å². The molecule has 0 spiro atoms. The average Bonchev–Trinajstić information content (AvgIpc) is 3.32. The second-order valence-electron chi connectivity index (χ2n) is 9.60. The van der Waals surface area contributed by atoms with Gasteiger partial charge in [-0.2, -0.15) is 5.10 Å². The molecule has 0 fully saturated rings. The first-order valence-electron chi connectivity index (χ1n) is 13.0. The van der Waals surface area contributed by atoms with E-state index in [4.69, 9.17) is 5.10 Å². The van der Waals surface area contributed by atoms with E-state index >= 15 is 0 Å². The van der Waals surface area contributed by atoms with Crippen LogP contribution < -0.4 is 10.6 Å². The largest absolute Gasteiger partial charge is 0.322 e. The average molecular weight is 510 g/mol. The van der Waals surface area contributed by atoms with Crippen molar-refractivity contribution in [1.82, 2.24) is 14.7 Å². The Kier molecular flexibility index (Phi) is 8.58. The number of amides is 3. The summed E-state index contributed by atoms with van der Waals surface area (Å²) in [4.78, 5) is 28.0. The molecule has 0 radical (unpaired) electrons. The third-order valence-electron chi connectivity index (χ3n) is 6.35. The molecule has 4 aromatic rings. The third-order valence-corrected chi connectivity index (χ3v) is 6.35. The van der Waals surface area contributed by atoms with Gasteiger partial charge >= 0.3 is 6.03 Å². The van der Waals surface area contributed by atoms with E-state index in [2.05, 4.69) is 17.6 Å². The van der Waals surface area contributed by atoms with Crippen LogP contribution in [0.3, 0.4) is 0 Å². The summed E-state index contributed by atoms with van der Waals surface area (Å²) in [5, 5.41) is 10.8. The molecular weight excluding hydrogens is 474 g/mol. The minimum absolute atomic E-state index is 0.0729. The lowest BCUT2D eigenvalue weighted by Crippen LogP contribution is -2.41. The van der Waals surface area contributed by atoms with Crippen LogP contribution in [-0.2, 0) is 4.79 Å². The van der Waals surface area contributed by atoms with Gasteiger partial charge in [-0.15, -0.1) is 0 Å². The van der Waals surface area contributed by atoms with Crippen molar-refractivity contribution in [2.45, 2.75) is 40.5 Å². The molecule has 2 N–H and O–H groups in total. The molecule has 0 atom stereocenters. The number of anilines is 2. The van der Waals surface area contributed by atoms with E-state index < -0.39 is 0 Å². The van der Waals surface area contributed by atoms with Crippen LogP contribution in [0.15, 0.2) is 78.9 Å². The summed E-state index contributed by atoms with van der Waals surface area (Å²) < 4.78 is 1.73. The molecule has 1 heterocycles. The lowest BCUT2D eigenvalue weighted by atomic mass is 10.1. The number of rotatable bonds is 9. The highest BCUT2D eigenvalue weighted by atomic mass is 16.2. The topological polar surface area (TPSA) is 79.3 Å². The second-order valence-corrected chi connectivity index (χ2v) is 9.60. The number of nitrogens with one attached hydrogen (secondary N) is 2. The molecule has 3 amide bonds. The maximum absolute atomic E-state index is 13.3. The molecule has 0 aliphatic rings. The molecule has 0 saturated carbocycles. The SMILES string of the molecule is CCCCN(CC(=O)Nc1cc(-c2ccccc2)nn1-c1ccc(C)cc1)C(=O)Nc1ccc(C)cc1C. The van der Waals surface area contributed by atoms with Gasteiger partial charge in [0.25, 0.3) is 0 Å². The Balaban J connectivity index is 1.55. The number of carbonyl (C=O) groups is 2. The summed E-state index contributed by atoms with van der Waals surface area (Å²) in [5.41, 5.74) is 6.52. The zero-order chi connectivity index (χ0) is 27.1. The molecule has 38 heavy (non-hydrogen) atoms. The highest BCUT2D eigenvalue weighted by Gasteiger charge is 2.20. The smallest absolute Gasteiger partial charge is 0.315 e. The van der Waals surface area contributed by atoms with E-state index in [1.807, 2.05) is 99.6 Å². The monoisotopic (exact) mass is 509 g/mol. The predicted octanol–water partition coefficient (Wildman–Crippen LogP) is 6.74. The number of benzene rings is 3. The maximum atomic E-state index is 13.3. The maximum Gasteiger partial charge on any atom is 0.322 e. The Morgan fingerprint density at radius 1 is 0.868 bits per heavy atom. The van der Waals surface area contributed by atoms with E-state index in [-0.39, 0.29) is 18.5 Å². The van der Waals surface area contributed by atoms with Gasteiger partial charge in [-0.1, -0.05) is 79.1 Å². The van der Waals surface area contributed by atoms with Crippen LogP contribution in [0.1, 0.15) is 36.5 Å². The molecule has 0 aliphatic carbocycles. The summed E-state index contributed by atoms with van der Waals surface area (Å²) >= 11 is 0. The van der Waals surface area contributed by atoms with Crippen molar-refractivity contribution in [2.24, 2.45) is 0 Å². The van der Waals surface area contributed by atoms with Crippen molar-refractivity contribution in [2.75, 3.05) is 23.7 Å². The third kappa shape index (κ3) is 6.68. The van der Waals surface area contributed by atoms with Crippen molar-refractivity contribution in [3.8, 4) is 16.9 Å². The Hall–Kier alpha value is -4.39. The molecule has 0 bridgehead atoms. The molecule has 0 aliphatic heterocycles. The zero-order valence-corrected chi connectivity index (χ0v) is 22.5. The number of aryl methyl sites for hydroxylation is 3. The highest BCUT2D eigenvalue weighted by Crippen LogP contribution is 2.25. The summed E-state index contributed by atoms with van der Waals surface area (Å²) in [6.07, 6.45) is 1.71. The lowest BCUT2D eigenvalue weighted by Gasteiger charge is -2.23. The Bertz CT molecular complexity index is 1390. The predicted molar refractivity (Wildman–Crippen MR) is 154 cm³/mol. The van der Waals surface area contributed by atoms with Crippen LogP contribution >= 0.6 is 0 Å². The molecule has 4 rings (SSSR count). The van der Waals surface area contributed by atoms with Crippen LogP contribution in [0, 0.1) is 20.8 Å². The van der Waals surface area contributed by atoms with Crippen molar-refractivity contribution in [1.29, 1.82) is 0 Å². The van der Waals surface area contributed by atoms with E-state index in [1.165, 1.54) is 0 Å². The second kappa shape index (κ2) is 12.2. The standard InChI is InChI=1S/C31H35N5O2/c1-5-6-18-35(31(38)32-27-17-14-23(3)19-24(27)4)21-30(37)33-29-20-28(25-10-8-7-9-11-25)34-36(29)26-15-12-22(2)13-16-26/h7-17,19-20H,5-6,18,21H2,1-4H3,(H,32,38)(H,33,37). The quantitative estimate of drug-likeness (QED) is 0.262. The normalized spacial score (nSPS) is 10.7. The van der Waals surface area contributed by atoms with Gasteiger partial charge in [0.05, 0.1) is 11.4 Å². The first-order valence-corrected chi connectivity index (χ1v) is 13.0. The fourth-order valence-electron chi connectivity index (χ4n) is 4.21. The number of urea groups is 1. The van der Waals surface area contributed by atoms with Gasteiger partial charge in [0.1, 0.15) is 12.4 Å². The number of carbonyl (C=O) groups excluding carboxylic acids is 2. The van der Waals surface area contributed by atoms with E-state index in [0.29, 0.717) is 12.4 Å². The van der Waals surface area contributed by atoms with E-state index in [0.717, 1.165) is 52.2 Å². The van der Waals surface area contributed by atoms with Crippen molar-refractivity contribution in [3.63, 3.8) is 0 Å².